The molecule has 1 aliphatic heterocycles. The molecule has 0 spiro atoms. The molecule has 1 saturated heterocycles. The number of rotatable bonds is 5. The number of methoxy groups -OCH3 is 1. The number of carbonyl (C=O) groups is 1. The maximum atomic E-state index is 12.5. The van der Waals surface area contributed by atoms with Crippen molar-refractivity contribution in [1.29, 1.82) is 0 Å². The van der Waals surface area contributed by atoms with Crippen molar-refractivity contribution in [3.8, 4) is 5.75 Å². The van der Waals surface area contributed by atoms with Crippen LogP contribution in [0.2, 0.25) is 5.02 Å². The van der Waals surface area contributed by atoms with Gasteiger partial charge in [0.2, 0.25) is 0 Å². The molecule has 0 unspecified atom stereocenters. The molecule has 8 heteroatoms. The summed E-state index contributed by atoms with van der Waals surface area (Å²) in [6.07, 6.45) is 0. The van der Waals surface area contributed by atoms with Crippen molar-refractivity contribution in [2.75, 3.05) is 38.3 Å². The van der Waals surface area contributed by atoms with E-state index < -0.39 is 0 Å². The summed E-state index contributed by atoms with van der Waals surface area (Å²) < 4.78 is 10.6. The lowest BCUT2D eigenvalue weighted by molar-refractivity contribution is 0.0947. The molecule has 0 radical (unpaired) electrons. The minimum atomic E-state index is -0.289. The maximum Gasteiger partial charge on any atom is 0.255 e. The second-order valence-corrected chi connectivity index (χ2v) is 6.35. The largest absolute Gasteiger partial charge is 0.496 e. The van der Waals surface area contributed by atoms with E-state index in [-0.39, 0.29) is 12.5 Å². The van der Waals surface area contributed by atoms with Crippen molar-refractivity contribution in [3.63, 3.8) is 0 Å². The van der Waals surface area contributed by atoms with Crippen LogP contribution < -0.4 is 15.0 Å². The lowest BCUT2D eigenvalue weighted by Gasteiger charge is -2.28. The van der Waals surface area contributed by atoms with Crippen LogP contribution in [0.1, 0.15) is 21.9 Å². The van der Waals surface area contributed by atoms with E-state index in [9.17, 15) is 4.79 Å². The van der Waals surface area contributed by atoms with Gasteiger partial charge in [-0.3, -0.25) is 4.79 Å². The van der Waals surface area contributed by atoms with E-state index in [4.69, 9.17) is 21.1 Å². The summed E-state index contributed by atoms with van der Waals surface area (Å²) in [5, 5.41) is 3.30. The molecule has 0 saturated carbocycles. The molecule has 7 nitrogen and oxygen atoms in total. The van der Waals surface area contributed by atoms with E-state index in [0.717, 1.165) is 24.6 Å². The van der Waals surface area contributed by atoms with Crippen LogP contribution in [0.4, 0.5) is 5.82 Å². The van der Waals surface area contributed by atoms with Gasteiger partial charge in [-0.15, -0.1) is 0 Å². The summed E-state index contributed by atoms with van der Waals surface area (Å²) in [4.78, 5) is 23.6. The van der Waals surface area contributed by atoms with Crippen LogP contribution in [0, 0.1) is 6.92 Å². The normalized spacial score (nSPS) is 14.2. The number of carbonyl (C=O) groups excluding carboxylic acids is 1. The van der Waals surface area contributed by atoms with Crippen LogP contribution >= 0.6 is 11.6 Å². The number of hydrogen-bond donors (Lipinski definition) is 1. The van der Waals surface area contributed by atoms with Crippen molar-refractivity contribution in [1.82, 2.24) is 15.3 Å². The smallest absolute Gasteiger partial charge is 0.255 e. The van der Waals surface area contributed by atoms with Gasteiger partial charge >= 0.3 is 0 Å². The van der Waals surface area contributed by atoms with Gasteiger partial charge in [0.1, 0.15) is 17.4 Å². The number of nitrogens with zero attached hydrogens (tertiary/aromatic N) is 3. The molecule has 0 aliphatic carbocycles. The summed E-state index contributed by atoms with van der Waals surface area (Å²) in [6, 6.07) is 6.86. The van der Waals surface area contributed by atoms with Gasteiger partial charge in [0.15, 0.2) is 0 Å². The van der Waals surface area contributed by atoms with E-state index >= 15 is 0 Å². The summed E-state index contributed by atoms with van der Waals surface area (Å²) in [5.74, 6) is 1.58. The van der Waals surface area contributed by atoms with Crippen LogP contribution in [0.15, 0.2) is 24.3 Å². The lowest BCUT2D eigenvalue weighted by Crippen LogP contribution is -2.37. The van der Waals surface area contributed by atoms with E-state index in [1.165, 1.54) is 7.11 Å². The third kappa shape index (κ3) is 4.42. The van der Waals surface area contributed by atoms with Gasteiger partial charge in [0.25, 0.3) is 5.91 Å². The highest BCUT2D eigenvalue weighted by molar-refractivity contribution is 6.31. The van der Waals surface area contributed by atoms with Gasteiger partial charge in [-0.05, 0) is 25.1 Å². The molecule has 1 amide bonds. The van der Waals surface area contributed by atoms with Crippen molar-refractivity contribution in [3.05, 3.63) is 46.4 Å². The molecule has 0 bridgehead atoms. The van der Waals surface area contributed by atoms with Crippen LogP contribution in [-0.2, 0) is 11.3 Å². The highest BCUT2D eigenvalue weighted by Crippen LogP contribution is 2.22. The summed E-state index contributed by atoms with van der Waals surface area (Å²) in [6.45, 7) is 5.09. The number of amides is 1. The van der Waals surface area contributed by atoms with Gasteiger partial charge in [-0.25, -0.2) is 9.97 Å². The Morgan fingerprint density at radius 3 is 2.81 bits per heavy atom. The van der Waals surface area contributed by atoms with Gasteiger partial charge in [-0.2, -0.15) is 0 Å². The number of ether oxygens (including phenoxy) is 2. The molecule has 26 heavy (non-hydrogen) atoms. The minimum absolute atomic E-state index is 0.216. The van der Waals surface area contributed by atoms with E-state index in [0.29, 0.717) is 35.4 Å². The first-order chi connectivity index (χ1) is 12.6. The number of aromatic nitrogens is 2. The number of hydrogen-bond acceptors (Lipinski definition) is 6. The van der Waals surface area contributed by atoms with Gasteiger partial charge < -0.3 is 19.7 Å². The zero-order valence-electron chi connectivity index (χ0n) is 14.8. The van der Waals surface area contributed by atoms with Crippen LogP contribution in [0.5, 0.6) is 5.75 Å². The first-order valence-electron chi connectivity index (χ1n) is 8.36. The second-order valence-electron chi connectivity index (χ2n) is 5.91. The van der Waals surface area contributed by atoms with Gasteiger partial charge in [0.05, 0.1) is 32.4 Å². The Bertz CT molecular complexity index is 794. The highest BCUT2D eigenvalue weighted by atomic mass is 35.5. The van der Waals surface area contributed by atoms with Crippen molar-refractivity contribution < 1.29 is 14.3 Å². The molecule has 1 N–H and O–H groups in total. The fraction of sp³-hybridized carbons (Fsp3) is 0.389. The highest BCUT2D eigenvalue weighted by Gasteiger charge is 2.16. The number of benzene rings is 1. The van der Waals surface area contributed by atoms with Crippen molar-refractivity contribution >= 4 is 23.3 Å². The number of anilines is 1. The van der Waals surface area contributed by atoms with E-state index in [1.807, 2.05) is 13.0 Å². The predicted octanol–water partition coefficient (Wildman–Crippen LogP) is 2.21. The molecular formula is C18H21ClN4O3. The SMILES string of the molecule is COc1ccc(Cl)cc1C(=O)NCc1nc(C)cc(N2CCOCC2)n1. The summed E-state index contributed by atoms with van der Waals surface area (Å²) in [5.41, 5.74) is 1.23. The lowest BCUT2D eigenvalue weighted by atomic mass is 10.2. The molecule has 138 valence electrons. The fourth-order valence-corrected chi connectivity index (χ4v) is 2.93. The molecule has 1 fully saturated rings. The summed E-state index contributed by atoms with van der Waals surface area (Å²) in [7, 11) is 1.51. The molecule has 1 aromatic heterocycles. The fourth-order valence-electron chi connectivity index (χ4n) is 2.76. The standard InChI is InChI=1S/C18H21ClN4O3/c1-12-9-17(23-5-7-26-8-6-23)22-16(21-12)11-20-18(24)14-10-13(19)3-4-15(14)25-2/h3-4,9-10H,5-8,11H2,1-2H3,(H,20,24). The predicted molar refractivity (Wildman–Crippen MR) is 99.0 cm³/mol. The number of halogens is 1. The Morgan fingerprint density at radius 1 is 1.31 bits per heavy atom. The van der Waals surface area contributed by atoms with Gasteiger partial charge in [-0.1, -0.05) is 11.6 Å². The first kappa shape index (κ1) is 18.4. The van der Waals surface area contributed by atoms with Crippen LogP contribution in [0.3, 0.4) is 0 Å². The van der Waals surface area contributed by atoms with Crippen molar-refractivity contribution in [2.24, 2.45) is 0 Å². The third-order valence-electron chi connectivity index (χ3n) is 4.04. The quantitative estimate of drug-likeness (QED) is 0.862. The Kier molecular flexibility index (Phi) is 5.90. The van der Waals surface area contributed by atoms with Crippen molar-refractivity contribution in [2.45, 2.75) is 13.5 Å². The number of morpholine rings is 1. The van der Waals surface area contributed by atoms with E-state index in [1.54, 1.807) is 18.2 Å². The third-order valence-corrected chi connectivity index (χ3v) is 4.27. The molecular weight excluding hydrogens is 356 g/mol. The molecule has 2 heterocycles. The zero-order valence-corrected chi connectivity index (χ0v) is 15.5. The first-order valence-corrected chi connectivity index (χ1v) is 8.73. The molecule has 0 atom stereocenters. The topological polar surface area (TPSA) is 76.6 Å². The minimum Gasteiger partial charge on any atom is -0.496 e. The molecule has 1 aromatic carbocycles. The van der Waals surface area contributed by atoms with Gasteiger partial charge in [0, 0.05) is 29.9 Å². The second kappa shape index (κ2) is 8.33. The Hall–Kier alpha value is -2.38. The summed E-state index contributed by atoms with van der Waals surface area (Å²) >= 11 is 5.99. The average Bonchev–Trinajstić information content (AvgIpc) is 2.66. The Morgan fingerprint density at radius 2 is 2.08 bits per heavy atom. The van der Waals surface area contributed by atoms with E-state index in [2.05, 4.69) is 20.2 Å². The van der Waals surface area contributed by atoms with Crippen LogP contribution in [0.25, 0.3) is 0 Å². The molecule has 2 aromatic rings. The number of nitrogens with one attached hydrogen (secondary N) is 1. The monoisotopic (exact) mass is 376 g/mol. The van der Waals surface area contributed by atoms with Crippen LogP contribution in [-0.4, -0.2) is 49.3 Å². The molecule has 3 rings (SSSR count). The Labute approximate surface area is 157 Å². The Balaban J connectivity index is 1.72. The average molecular weight is 377 g/mol. The maximum absolute atomic E-state index is 12.5. The molecule has 1 aliphatic rings. The zero-order chi connectivity index (χ0) is 18.5. The number of aryl methyl sites for hydroxylation is 1.